The molecule has 2 unspecified atom stereocenters. The molecule has 0 spiro atoms. The van der Waals surface area contributed by atoms with E-state index in [1.54, 1.807) is 0 Å². The Bertz CT molecular complexity index is 151. The molecule has 0 amide bonds. The molecule has 56 valence electrons. The first-order valence-electron chi connectivity index (χ1n) is 2.29. The molecule has 1 aliphatic rings. The van der Waals surface area contributed by atoms with Crippen LogP contribution in [0.15, 0.2) is 0 Å². The molecule has 8 heteroatoms. The van der Waals surface area contributed by atoms with Gasteiger partial charge in [-0.2, -0.15) is 0 Å². The van der Waals surface area contributed by atoms with Crippen molar-refractivity contribution in [3.8, 4) is 0 Å². The third kappa shape index (κ3) is 2.02. The highest BCUT2D eigenvalue weighted by Crippen LogP contribution is 2.46. The molecule has 0 aromatic heterocycles. The van der Waals surface area contributed by atoms with Crippen LogP contribution in [0.3, 0.4) is 0 Å². The lowest BCUT2D eigenvalue weighted by Gasteiger charge is -1.98. The Morgan fingerprint density at radius 2 is 1.80 bits per heavy atom. The number of aliphatic hydroxyl groups excluding tert-OH is 1. The van der Waals surface area contributed by atoms with Gasteiger partial charge in [-0.1, -0.05) is 9.05 Å². The molecule has 1 aliphatic heterocycles. The van der Waals surface area contributed by atoms with Gasteiger partial charge in [0.2, 0.25) is 0 Å². The fourth-order valence-corrected chi connectivity index (χ4v) is 1.79. The summed E-state index contributed by atoms with van der Waals surface area (Å²) in [5.41, 5.74) is 0. The third-order valence-corrected chi connectivity index (χ3v) is 2.57. The highest BCUT2D eigenvalue weighted by molar-refractivity contribution is 7.48. The van der Waals surface area contributed by atoms with Crippen molar-refractivity contribution in [1.82, 2.24) is 0 Å². The summed E-state index contributed by atoms with van der Waals surface area (Å²) >= 11 is 0. The van der Waals surface area contributed by atoms with E-state index in [2.05, 4.69) is 13.4 Å². The maximum absolute atomic E-state index is 10.4. The van der Waals surface area contributed by atoms with Crippen molar-refractivity contribution in [2.75, 3.05) is 6.61 Å². The topological polar surface area (TPSA) is 82.1 Å². The fourth-order valence-electron chi connectivity index (χ4n) is 0.371. The molecule has 0 bridgehead atoms. The van der Waals surface area contributed by atoms with Gasteiger partial charge in [0.15, 0.2) is 4.31 Å². The Labute approximate surface area is 58.0 Å². The van der Waals surface area contributed by atoms with Crippen LogP contribution in [0.4, 0.5) is 0 Å². The SMILES string of the molecule is O=[P+]1OC(CO)O[P+](=O)O1. The van der Waals surface area contributed by atoms with Crippen molar-refractivity contribution < 1.29 is 27.6 Å². The summed E-state index contributed by atoms with van der Waals surface area (Å²) in [6.45, 7) is -0.495. The Kier molecular flexibility index (Phi) is 2.80. The largest absolute Gasteiger partial charge is 0.750 e. The number of hydrogen-bond donors (Lipinski definition) is 1. The van der Waals surface area contributed by atoms with Gasteiger partial charge in [0, 0.05) is 9.13 Å². The fraction of sp³-hybridized carbons (Fsp3) is 1.00. The Balaban J connectivity index is 2.50. The van der Waals surface area contributed by atoms with Crippen LogP contribution in [-0.2, 0) is 22.5 Å². The number of rotatable bonds is 1. The second-order valence-electron chi connectivity index (χ2n) is 1.35. The molecule has 2 atom stereocenters. The van der Waals surface area contributed by atoms with Gasteiger partial charge in [-0.3, -0.25) is 0 Å². The Morgan fingerprint density at radius 3 is 2.20 bits per heavy atom. The van der Waals surface area contributed by atoms with E-state index in [0.717, 1.165) is 0 Å². The minimum Gasteiger partial charge on any atom is -0.391 e. The molecule has 1 saturated heterocycles. The molecular weight excluding hydrogens is 182 g/mol. The average Bonchev–Trinajstić information content (AvgIpc) is 1.85. The normalized spacial score (nSPS) is 34.3. The van der Waals surface area contributed by atoms with Crippen LogP contribution in [0.1, 0.15) is 0 Å². The molecule has 1 heterocycles. The maximum atomic E-state index is 10.4. The Hall–Kier alpha value is 0.0400. The van der Waals surface area contributed by atoms with E-state index in [1.165, 1.54) is 0 Å². The quantitative estimate of drug-likeness (QED) is 0.606. The van der Waals surface area contributed by atoms with Gasteiger partial charge in [0.05, 0.1) is 0 Å². The van der Waals surface area contributed by atoms with Gasteiger partial charge in [0.25, 0.3) is 6.29 Å². The first-order valence-corrected chi connectivity index (χ1v) is 4.48. The third-order valence-electron chi connectivity index (χ3n) is 0.690. The summed E-state index contributed by atoms with van der Waals surface area (Å²) in [5.74, 6) is 0. The minimum absolute atomic E-state index is 0.495. The van der Waals surface area contributed by atoms with E-state index in [9.17, 15) is 9.13 Å². The van der Waals surface area contributed by atoms with E-state index in [4.69, 9.17) is 5.11 Å². The maximum Gasteiger partial charge on any atom is 0.750 e. The highest BCUT2D eigenvalue weighted by Gasteiger charge is 2.51. The zero-order chi connectivity index (χ0) is 7.56. The lowest BCUT2D eigenvalue weighted by atomic mass is 10.7. The molecule has 1 fully saturated rings. The first-order chi connectivity index (χ1) is 4.72. The molecule has 0 aliphatic carbocycles. The van der Waals surface area contributed by atoms with Crippen molar-refractivity contribution in [3.05, 3.63) is 0 Å². The smallest absolute Gasteiger partial charge is 0.391 e. The Morgan fingerprint density at radius 1 is 1.30 bits per heavy atom. The van der Waals surface area contributed by atoms with E-state index < -0.39 is 29.4 Å². The predicted octanol–water partition coefficient (Wildman–Crippen LogP) is 0.683. The van der Waals surface area contributed by atoms with E-state index in [-0.39, 0.29) is 0 Å². The molecule has 0 aromatic carbocycles. The molecule has 0 saturated carbocycles. The van der Waals surface area contributed by atoms with Gasteiger partial charge in [-0.25, -0.2) is 0 Å². The summed E-state index contributed by atoms with van der Waals surface area (Å²) in [7, 11) is -4.79. The molecule has 0 aromatic rings. The van der Waals surface area contributed by atoms with Gasteiger partial charge >= 0.3 is 16.5 Å². The lowest BCUT2D eigenvalue weighted by molar-refractivity contribution is -0.0508. The van der Waals surface area contributed by atoms with E-state index >= 15 is 0 Å². The summed E-state index contributed by atoms with van der Waals surface area (Å²) in [4.78, 5) is 0. The van der Waals surface area contributed by atoms with E-state index in [0.29, 0.717) is 0 Å². The lowest BCUT2D eigenvalue weighted by Crippen LogP contribution is -2.17. The average molecular weight is 186 g/mol. The van der Waals surface area contributed by atoms with Crippen molar-refractivity contribution >= 4 is 16.5 Å². The summed E-state index contributed by atoms with van der Waals surface area (Å²) < 4.78 is 33.5. The van der Waals surface area contributed by atoms with Crippen LogP contribution in [0.2, 0.25) is 0 Å². The van der Waals surface area contributed by atoms with Crippen LogP contribution in [0, 0.1) is 0 Å². The van der Waals surface area contributed by atoms with Crippen molar-refractivity contribution in [3.63, 3.8) is 0 Å². The monoisotopic (exact) mass is 186 g/mol. The molecule has 0 radical (unpaired) electrons. The van der Waals surface area contributed by atoms with Gasteiger partial charge in [-0.05, 0) is 0 Å². The number of aliphatic hydroxyl groups is 1. The summed E-state index contributed by atoms with van der Waals surface area (Å²) in [6, 6.07) is 0. The zero-order valence-electron chi connectivity index (χ0n) is 4.67. The van der Waals surface area contributed by atoms with Crippen LogP contribution < -0.4 is 0 Å². The molecule has 1 N–H and O–H groups in total. The first kappa shape index (κ1) is 8.14. The second-order valence-corrected chi connectivity index (χ2v) is 3.32. The van der Waals surface area contributed by atoms with Crippen LogP contribution in [0.25, 0.3) is 0 Å². The summed E-state index contributed by atoms with van der Waals surface area (Å²) in [6.07, 6.45) is -1.10. The molecule has 6 nitrogen and oxygen atoms in total. The number of hydrogen-bond acceptors (Lipinski definition) is 6. The standard InChI is InChI=1S/C2H4O6P2/c3-1-2-6-9(4)8-10(5)7-2/h2-3H,1H2/q+2. The van der Waals surface area contributed by atoms with Gasteiger partial charge < -0.3 is 5.11 Å². The van der Waals surface area contributed by atoms with Crippen molar-refractivity contribution in [1.29, 1.82) is 0 Å². The molecule has 10 heavy (non-hydrogen) atoms. The second kappa shape index (κ2) is 3.44. The zero-order valence-corrected chi connectivity index (χ0v) is 6.46. The van der Waals surface area contributed by atoms with Crippen LogP contribution in [0.5, 0.6) is 0 Å². The van der Waals surface area contributed by atoms with Crippen LogP contribution >= 0.6 is 16.5 Å². The van der Waals surface area contributed by atoms with Crippen molar-refractivity contribution in [2.24, 2.45) is 0 Å². The predicted molar refractivity (Wildman–Crippen MR) is 29.3 cm³/mol. The van der Waals surface area contributed by atoms with Gasteiger partial charge in [0.1, 0.15) is 6.61 Å². The van der Waals surface area contributed by atoms with E-state index in [1.807, 2.05) is 0 Å². The van der Waals surface area contributed by atoms with Crippen LogP contribution in [-0.4, -0.2) is 18.0 Å². The molecule has 1 rings (SSSR count). The van der Waals surface area contributed by atoms with Gasteiger partial charge in [-0.15, -0.1) is 0 Å². The molecular formula is C2H4O6P2+2. The highest BCUT2D eigenvalue weighted by atomic mass is 31.2. The summed E-state index contributed by atoms with van der Waals surface area (Å²) in [5, 5.41) is 8.36. The minimum atomic E-state index is -2.39. The van der Waals surface area contributed by atoms with Crippen molar-refractivity contribution in [2.45, 2.75) is 6.29 Å².